The van der Waals surface area contributed by atoms with E-state index in [1.54, 1.807) is 24.3 Å². The number of rotatable bonds is 6. The van der Waals surface area contributed by atoms with Gasteiger partial charge in [-0.15, -0.1) is 11.8 Å². The summed E-state index contributed by atoms with van der Waals surface area (Å²) in [7, 11) is 0. The molecule has 0 aliphatic rings. The third kappa shape index (κ3) is 6.95. The molecule has 2 N–H and O–H groups in total. The van der Waals surface area contributed by atoms with Gasteiger partial charge in [-0.2, -0.15) is 13.2 Å². The molecule has 0 saturated carbocycles. The number of alkyl halides is 3. The minimum absolute atomic E-state index is 0.0189. The third-order valence-corrected chi connectivity index (χ3v) is 4.78. The van der Waals surface area contributed by atoms with Gasteiger partial charge in [0.25, 0.3) is 5.69 Å². The van der Waals surface area contributed by atoms with Crippen molar-refractivity contribution in [3.8, 4) is 0 Å². The average Bonchev–Trinajstić information content (AvgIpc) is 2.65. The number of hydrogen-bond donors (Lipinski definition) is 2. The van der Waals surface area contributed by atoms with Crippen LogP contribution in [0.25, 0.3) is 0 Å². The molecule has 0 saturated heterocycles. The van der Waals surface area contributed by atoms with Gasteiger partial charge in [0.2, 0.25) is 11.8 Å². The highest BCUT2D eigenvalue weighted by atomic mass is 35.5. The number of amides is 2. The Bertz CT molecular complexity index is 923. The normalized spacial score (nSPS) is 11.0. The molecule has 2 rings (SSSR count). The number of carbonyl (C=O) groups is 2. The first-order chi connectivity index (χ1) is 13.6. The molecule has 2 amide bonds. The fraction of sp³-hybridized carbons (Fsp3) is 0.176. The fourth-order valence-electron chi connectivity index (χ4n) is 2.11. The number of carbonyl (C=O) groups excluding carboxylic acids is 2. The number of nitrogens with one attached hydrogen (secondary N) is 2. The summed E-state index contributed by atoms with van der Waals surface area (Å²) in [6, 6.07) is 8.53. The quantitative estimate of drug-likeness (QED) is 0.399. The van der Waals surface area contributed by atoms with Crippen LogP contribution in [0.3, 0.4) is 0 Å². The zero-order chi connectivity index (χ0) is 21.6. The van der Waals surface area contributed by atoms with Crippen molar-refractivity contribution >= 4 is 40.9 Å². The van der Waals surface area contributed by atoms with Crippen LogP contribution in [0.5, 0.6) is 0 Å². The first-order valence-electron chi connectivity index (χ1n) is 7.87. The second kappa shape index (κ2) is 9.61. The van der Waals surface area contributed by atoms with Gasteiger partial charge in [-0.05, 0) is 29.8 Å². The van der Waals surface area contributed by atoms with E-state index in [9.17, 15) is 32.9 Å². The zero-order valence-corrected chi connectivity index (χ0v) is 16.0. The summed E-state index contributed by atoms with van der Waals surface area (Å²) in [4.78, 5) is 33.6. The van der Waals surface area contributed by atoms with Crippen LogP contribution in [-0.4, -0.2) is 22.5 Å². The Kier molecular flexibility index (Phi) is 7.46. The lowest BCUT2D eigenvalue weighted by Crippen LogP contribution is -2.43. The van der Waals surface area contributed by atoms with Crippen molar-refractivity contribution in [1.82, 2.24) is 10.9 Å². The number of nitrogens with zero attached hydrogens (tertiary/aromatic N) is 1. The van der Waals surface area contributed by atoms with Gasteiger partial charge in [-0.25, -0.2) is 0 Å². The second-order valence-electron chi connectivity index (χ2n) is 5.63. The highest BCUT2D eigenvalue weighted by Crippen LogP contribution is 2.36. The van der Waals surface area contributed by atoms with E-state index in [0.717, 1.165) is 6.07 Å². The highest BCUT2D eigenvalue weighted by molar-refractivity contribution is 8.00. The maximum absolute atomic E-state index is 12.7. The average molecular weight is 448 g/mol. The van der Waals surface area contributed by atoms with Gasteiger partial charge in [-0.3, -0.25) is 30.6 Å². The topological polar surface area (TPSA) is 101 Å². The molecule has 0 unspecified atom stereocenters. The Morgan fingerprint density at radius 2 is 1.69 bits per heavy atom. The number of benzene rings is 2. The van der Waals surface area contributed by atoms with Crippen LogP contribution in [0.4, 0.5) is 18.9 Å². The van der Waals surface area contributed by atoms with Crippen LogP contribution in [0.15, 0.2) is 47.4 Å². The molecule has 29 heavy (non-hydrogen) atoms. The van der Waals surface area contributed by atoms with E-state index in [2.05, 4.69) is 10.9 Å². The van der Waals surface area contributed by atoms with Crippen molar-refractivity contribution < 1.29 is 27.7 Å². The third-order valence-electron chi connectivity index (χ3n) is 3.46. The van der Waals surface area contributed by atoms with E-state index < -0.39 is 34.2 Å². The number of thioether (sulfide) groups is 1. The van der Waals surface area contributed by atoms with E-state index in [1.807, 2.05) is 0 Å². The molecule has 0 spiro atoms. The molecule has 2 aromatic rings. The fourth-order valence-corrected chi connectivity index (χ4v) is 3.04. The summed E-state index contributed by atoms with van der Waals surface area (Å²) < 4.78 is 38.1. The molecule has 0 radical (unpaired) electrons. The summed E-state index contributed by atoms with van der Waals surface area (Å²) in [5.74, 6) is -1.55. The van der Waals surface area contributed by atoms with E-state index in [0.29, 0.717) is 34.5 Å². The Labute approximate surface area is 171 Å². The van der Waals surface area contributed by atoms with Gasteiger partial charge in [0, 0.05) is 11.1 Å². The molecular weight excluding hydrogens is 435 g/mol. The van der Waals surface area contributed by atoms with Crippen LogP contribution in [0.1, 0.15) is 11.1 Å². The van der Waals surface area contributed by atoms with Gasteiger partial charge < -0.3 is 0 Å². The molecule has 7 nitrogen and oxygen atoms in total. The van der Waals surface area contributed by atoms with Crippen LogP contribution in [0.2, 0.25) is 5.02 Å². The monoisotopic (exact) mass is 447 g/mol. The standard InChI is InChI=1S/C17H13ClF3N3O4S/c18-12-4-1-10(2-5-12)7-15(25)22-23-16(26)9-29-14-6-3-11(17(19,20)21)8-13(14)24(27)28/h1-6,8H,7,9H2,(H,22,25)(H,23,26). The SMILES string of the molecule is O=C(CSc1ccc(C(F)(F)F)cc1[N+](=O)[O-])NNC(=O)Cc1ccc(Cl)cc1. The zero-order valence-electron chi connectivity index (χ0n) is 14.5. The smallest absolute Gasteiger partial charge is 0.273 e. The number of halogens is 4. The number of nitro benzene ring substituents is 1. The first-order valence-corrected chi connectivity index (χ1v) is 9.23. The Morgan fingerprint density at radius 3 is 2.28 bits per heavy atom. The van der Waals surface area contributed by atoms with Crippen LogP contribution < -0.4 is 10.9 Å². The lowest BCUT2D eigenvalue weighted by atomic mass is 10.1. The molecule has 0 aromatic heterocycles. The largest absolute Gasteiger partial charge is 0.416 e. The molecule has 0 heterocycles. The Morgan fingerprint density at radius 1 is 1.07 bits per heavy atom. The molecular formula is C17H13ClF3N3O4S. The van der Waals surface area contributed by atoms with Crippen molar-refractivity contribution in [2.24, 2.45) is 0 Å². The summed E-state index contributed by atoms with van der Waals surface area (Å²) >= 11 is 6.41. The Hall–Kier alpha value is -2.79. The number of hydrazine groups is 1. The van der Waals surface area contributed by atoms with Crippen molar-refractivity contribution in [3.63, 3.8) is 0 Å². The van der Waals surface area contributed by atoms with Crippen molar-refractivity contribution in [1.29, 1.82) is 0 Å². The van der Waals surface area contributed by atoms with Gasteiger partial charge in [0.1, 0.15) is 0 Å². The number of hydrogen-bond acceptors (Lipinski definition) is 5. The van der Waals surface area contributed by atoms with Crippen molar-refractivity contribution in [2.75, 3.05) is 5.75 Å². The predicted molar refractivity (Wildman–Crippen MR) is 100 cm³/mol. The summed E-state index contributed by atoms with van der Waals surface area (Å²) in [5, 5.41) is 11.5. The van der Waals surface area contributed by atoms with E-state index in [4.69, 9.17) is 11.6 Å². The molecule has 12 heteroatoms. The molecule has 0 aliphatic carbocycles. The maximum atomic E-state index is 12.7. The Balaban J connectivity index is 1.89. The van der Waals surface area contributed by atoms with Crippen molar-refractivity contribution in [3.05, 3.63) is 68.7 Å². The van der Waals surface area contributed by atoms with Crippen LogP contribution in [-0.2, 0) is 22.2 Å². The first kappa shape index (κ1) is 22.5. The van der Waals surface area contributed by atoms with Crippen molar-refractivity contribution in [2.45, 2.75) is 17.5 Å². The van der Waals surface area contributed by atoms with Gasteiger partial charge in [0.15, 0.2) is 0 Å². The van der Waals surface area contributed by atoms with Gasteiger partial charge in [-0.1, -0.05) is 23.7 Å². The van der Waals surface area contributed by atoms with Gasteiger partial charge in [0.05, 0.1) is 27.6 Å². The second-order valence-corrected chi connectivity index (χ2v) is 7.08. The molecule has 2 aromatic carbocycles. The van der Waals surface area contributed by atoms with E-state index in [-0.39, 0.29) is 17.1 Å². The lowest BCUT2D eigenvalue weighted by Gasteiger charge is -2.09. The molecule has 0 atom stereocenters. The van der Waals surface area contributed by atoms with E-state index >= 15 is 0 Å². The van der Waals surface area contributed by atoms with Crippen LogP contribution >= 0.6 is 23.4 Å². The summed E-state index contributed by atoms with van der Waals surface area (Å²) in [5.41, 5.74) is 3.06. The molecule has 0 aliphatic heterocycles. The minimum Gasteiger partial charge on any atom is -0.273 e. The lowest BCUT2D eigenvalue weighted by molar-refractivity contribution is -0.388. The van der Waals surface area contributed by atoms with Crippen LogP contribution in [0, 0.1) is 10.1 Å². The van der Waals surface area contributed by atoms with Gasteiger partial charge >= 0.3 is 6.18 Å². The summed E-state index contributed by atoms with van der Waals surface area (Å²) in [6.07, 6.45) is -4.74. The number of nitro groups is 1. The summed E-state index contributed by atoms with van der Waals surface area (Å²) in [6.45, 7) is 0. The molecule has 154 valence electrons. The minimum atomic E-state index is -4.72. The van der Waals surface area contributed by atoms with E-state index in [1.165, 1.54) is 0 Å². The molecule has 0 fully saturated rings. The highest BCUT2D eigenvalue weighted by Gasteiger charge is 2.33. The predicted octanol–water partition coefficient (Wildman–Crippen LogP) is 3.75. The maximum Gasteiger partial charge on any atom is 0.416 e. The molecule has 0 bridgehead atoms.